The maximum atomic E-state index is 12.4. The molecule has 24 heavy (non-hydrogen) atoms. The smallest absolute Gasteiger partial charge is 0.229 e. The van der Waals surface area contributed by atoms with Crippen molar-refractivity contribution < 1.29 is 9.59 Å². The lowest BCUT2D eigenvalue weighted by Gasteiger charge is -2.19. The van der Waals surface area contributed by atoms with Gasteiger partial charge in [0.15, 0.2) is 0 Å². The Morgan fingerprint density at radius 2 is 1.88 bits per heavy atom. The summed E-state index contributed by atoms with van der Waals surface area (Å²) in [5.41, 5.74) is 2.26. The number of hydrogen-bond donors (Lipinski definition) is 1. The zero-order valence-electron chi connectivity index (χ0n) is 13.1. The van der Waals surface area contributed by atoms with Crippen LogP contribution >= 0.6 is 23.2 Å². The summed E-state index contributed by atoms with van der Waals surface area (Å²) in [4.78, 5) is 26.4. The first-order valence-electron chi connectivity index (χ1n) is 7.57. The lowest BCUT2D eigenvalue weighted by atomic mass is 10.1. The van der Waals surface area contributed by atoms with Gasteiger partial charge in [0.25, 0.3) is 0 Å². The lowest BCUT2D eigenvalue weighted by Crippen LogP contribution is -2.28. The minimum Gasteiger partial charge on any atom is -0.326 e. The molecule has 0 spiro atoms. The minimum absolute atomic E-state index is 0.0726. The van der Waals surface area contributed by atoms with Gasteiger partial charge in [-0.3, -0.25) is 9.59 Å². The fourth-order valence-electron chi connectivity index (χ4n) is 2.78. The number of nitrogens with zero attached hydrogens (tertiary/aromatic N) is 1. The average Bonchev–Trinajstić information content (AvgIpc) is 2.94. The highest BCUT2D eigenvalue weighted by Gasteiger charge is 2.35. The van der Waals surface area contributed by atoms with E-state index in [1.165, 1.54) is 0 Å². The summed E-state index contributed by atoms with van der Waals surface area (Å²) in [6.45, 7) is 2.21. The van der Waals surface area contributed by atoms with Gasteiger partial charge in [-0.15, -0.1) is 0 Å². The number of amides is 2. The van der Waals surface area contributed by atoms with Crippen molar-refractivity contribution in [1.82, 2.24) is 0 Å². The minimum atomic E-state index is -0.397. The van der Waals surface area contributed by atoms with Crippen LogP contribution in [0.2, 0.25) is 10.0 Å². The number of carbonyl (C=O) groups is 2. The maximum Gasteiger partial charge on any atom is 0.229 e. The zero-order chi connectivity index (χ0) is 17.3. The summed E-state index contributed by atoms with van der Waals surface area (Å²) in [5, 5.41) is 4.04. The van der Waals surface area contributed by atoms with Crippen molar-refractivity contribution in [2.24, 2.45) is 5.92 Å². The van der Waals surface area contributed by atoms with Crippen LogP contribution in [0.3, 0.4) is 0 Å². The van der Waals surface area contributed by atoms with Crippen LogP contribution in [-0.4, -0.2) is 18.4 Å². The molecule has 0 saturated carbocycles. The molecule has 1 saturated heterocycles. The van der Waals surface area contributed by atoms with Gasteiger partial charge in [-0.1, -0.05) is 29.3 Å². The molecule has 1 fully saturated rings. The predicted octanol–water partition coefficient (Wildman–Crippen LogP) is 4.29. The first-order chi connectivity index (χ1) is 11.5. The Balaban J connectivity index is 1.73. The molecule has 2 aromatic carbocycles. The molecule has 0 unspecified atom stereocenters. The Morgan fingerprint density at radius 3 is 2.58 bits per heavy atom. The number of halogens is 2. The van der Waals surface area contributed by atoms with Gasteiger partial charge in [0, 0.05) is 34.4 Å². The molecule has 2 aromatic rings. The SMILES string of the molecule is Cc1c(Cl)cccc1N1C[C@H](C(=O)Nc2ccc(Cl)cc2)CC1=O. The standard InChI is InChI=1S/C18H16Cl2N2O2/c1-11-15(20)3-2-4-16(11)22-10-12(9-17(22)23)18(24)21-14-7-5-13(19)6-8-14/h2-8,12H,9-10H2,1H3,(H,21,24)/t12-/m1/s1. The Kier molecular flexibility index (Phi) is 4.78. The molecule has 0 bridgehead atoms. The molecular formula is C18H16Cl2N2O2. The van der Waals surface area contributed by atoms with Crippen molar-refractivity contribution in [3.05, 3.63) is 58.1 Å². The van der Waals surface area contributed by atoms with Crippen molar-refractivity contribution in [1.29, 1.82) is 0 Å². The van der Waals surface area contributed by atoms with E-state index < -0.39 is 5.92 Å². The third-order valence-corrected chi connectivity index (χ3v) is 4.80. The summed E-state index contributed by atoms with van der Waals surface area (Å²) >= 11 is 12.0. The fourth-order valence-corrected chi connectivity index (χ4v) is 3.08. The van der Waals surface area contributed by atoms with E-state index in [1.54, 1.807) is 41.3 Å². The van der Waals surface area contributed by atoms with Gasteiger partial charge < -0.3 is 10.2 Å². The summed E-state index contributed by atoms with van der Waals surface area (Å²) in [6, 6.07) is 12.3. The third-order valence-electron chi connectivity index (χ3n) is 4.14. The monoisotopic (exact) mass is 362 g/mol. The van der Waals surface area contributed by atoms with E-state index >= 15 is 0 Å². The Bertz CT molecular complexity index is 790. The van der Waals surface area contributed by atoms with E-state index in [1.807, 2.05) is 13.0 Å². The van der Waals surface area contributed by atoms with Crippen LogP contribution in [0.15, 0.2) is 42.5 Å². The molecule has 1 heterocycles. The van der Waals surface area contributed by atoms with Gasteiger partial charge in [-0.05, 0) is 48.9 Å². The number of carbonyl (C=O) groups excluding carboxylic acids is 2. The maximum absolute atomic E-state index is 12.4. The van der Waals surface area contributed by atoms with E-state index in [0.29, 0.717) is 22.3 Å². The van der Waals surface area contributed by atoms with E-state index in [2.05, 4.69) is 5.32 Å². The van der Waals surface area contributed by atoms with Gasteiger partial charge >= 0.3 is 0 Å². The van der Waals surface area contributed by atoms with Gasteiger partial charge in [0.05, 0.1) is 5.92 Å². The molecule has 124 valence electrons. The van der Waals surface area contributed by atoms with Crippen molar-refractivity contribution in [3.8, 4) is 0 Å². The van der Waals surface area contributed by atoms with Gasteiger partial charge in [0.2, 0.25) is 11.8 Å². The van der Waals surface area contributed by atoms with Crippen LogP contribution in [0, 0.1) is 12.8 Å². The second-order valence-corrected chi connectivity index (χ2v) is 6.63. The topological polar surface area (TPSA) is 49.4 Å². The van der Waals surface area contributed by atoms with Crippen molar-refractivity contribution >= 4 is 46.4 Å². The van der Waals surface area contributed by atoms with Crippen molar-refractivity contribution in [2.75, 3.05) is 16.8 Å². The summed E-state index contributed by atoms with van der Waals surface area (Å²) in [5.74, 6) is -0.643. The van der Waals surface area contributed by atoms with Gasteiger partial charge in [-0.25, -0.2) is 0 Å². The molecule has 6 heteroatoms. The number of benzene rings is 2. The fraction of sp³-hybridized carbons (Fsp3) is 0.222. The highest BCUT2D eigenvalue weighted by molar-refractivity contribution is 6.32. The van der Waals surface area contributed by atoms with E-state index in [9.17, 15) is 9.59 Å². The number of anilines is 2. The van der Waals surface area contributed by atoms with Gasteiger partial charge in [-0.2, -0.15) is 0 Å². The quantitative estimate of drug-likeness (QED) is 0.884. The predicted molar refractivity (Wildman–Crippen MR) is 96.7 cm³/mol. The molecule has 0 aliphatic carbocycles. The molecule has 1 aliphatic heterocycles. The second-order valence-electron chi connectivity index (χ2n) is 5.79. The molecule has 3 rings (SSSR count). The lowest BCUT2D eigenvalue weighted by molar-refractivity contribution is -0.122. The average molecular weight is 363 g/mol. The van der Waals surface area contributed by atoms with Crippen LogP contribution < -0.4 is 10.2 Å². The normalized spacial score (nSPS) is 17.2. The largest absolute Gasteiger partial charge is 0.326 e. The number of rotatable bonds is 3. The molecule has 2 amide bonds. The number of hydrogen-bond acceptors (Lipinski definition) is 2. The number of nitrogens with one attached hydrogen (secondary N) is 1. The Morgan fingerprint density at radius 1 is 1.17 bits per heavy atom. The van der Waals surface area contributed by atoms with E-state index in [4.69, 9.17) is 23.2 Å². The molecule has 4 nitrogen and oxygen atoms in total. The van der Waals surface area contributed by atoms with Gasteiger partial charge in [0.1, 0.15) is 0 Å². The molecule has 1 N–H and O–H groups in total. The van der Waals surface area contributed by atoms with E-state index in [-0.39, 0.29) is 18.2 Å². The molecule has 0 radical (unpaired) electrons. The van der Waals surface area contributed by atoms with E-state index in [0.717, 1.165) is 11.3 Å². The van der Waals surface area contributed by atoms with Crippen LogP contribution in [0.4, 0.5) is 11.4 Å². The summed E-state index contributed by atoms with van der Waals surface area (Å²) in [7, 11) is 0. The molecule has 0 aromatic heterocycles. The third kappa shape index (κ3) is 3.40. The first-order valence-corrected chi connectivity index (χ1v) is 8.33. The summed E-state index contributed by atoms with van der Waals surface area (Å²) in [6.07, 6.45) is 0.186. The van der Waals surface area contributed by atoms with Crippen LogP contribution in [0.5, 0.6) is 0 Å². The van der Waals surface area contributed by atoms with Crippen molar-refractivity contribution in [3.63, 3.8) is 0 Å². The molecule has 1 atom stereocenters. The van der Waals surface area contributed by atoms with Crippen molar-refractivity contribution in [2.45, 2.75) is 13.3 Å². The van der Waals surface area contributed by atoms with Crippen LogP contribution in [-0.2, 0) is 9.59 Å². The second kappa shape index (κ2) is 6.83. The molecular weight excluding hydrogens is 347 g/mol. The molecule has 1 aliphatic rings. The Hall–Kier alpha value is -2.04. The van der Waals surface area contributed by atoms with Crippen LogP contribution in [0.1, 0.15) is 12.0 Å². The highest BCUT2D eigenvalue weighted by Crippen LogP contribution is 2.31. The summed E-state index contributed by atoms with van der Waals surface area (Å²) < 4.78 is 0. The Labute approximate surface area is 150 Å². The van der Waals surface area contributed by atoms with Crippen LogP contribution in [0.25, 0.3) is 0 Å². The zero-order valence-corrected chi connectivity index (χ0v) is 14.6. The first kappa shape index (κ1) is 16.8. The highest BCUT2D eigenvalue weighted by atomic mass is 35.5.